The summed E-state index contributed by atoms with van der Waals surface area (Å²) in [5, 5.41) is 3.01. The van der Waals surface area contributed by atoms with Gasteiger partial charge in [0.1, 0.15) is 12.3 Å². The first kappa shape index (κ1) is 17.7. The Balaban J connectivity index is 1.53. The molecule has 0 aliphatic carbocycles. The Morgan fingerprint density at radius 1 is 1.24 bits per heavy atom. The molecule has 2 aliphatic heterocycles. The van der Waals surface area contributed by atoms with Crippen molar-refractivity contribution >= 4 is 17.5 Å². The highest BCUT2D eigenvalue weighted by Gasteiger charge is 2.27. The number of rotatable bonds is 5. The zero-order valence-corrected chi connectivity index (χ0v) is 14.9. The predicted molar refractivity (Wildman–Crippen MR) is 95.8 cm³/mol. The lowest BCUT2D eigenvalue weighted by molar-refractivity contribution is -0.125. The fourth-order valence-electron chi connectivity index (χ4n) is 3.25. The highest BCUT2D eigenvalue weighted by Crippen LogP contribution is 2.31. The van der Waals surface area contributed by atoms with Gasteiger partial charge in [-0.2, -0.15) is 0 Å². The summed E-state index contributed by atoms with van der Waals surface area (Å²) in [4.78, 5) is 30.7. The van der Waals surface area contributed by atoms with E-state index in [0.717, 1.165) is 32.7 Å². The topological polar surface area (TPSA) is 65.1 Å². The molecule has 2 aliphatic rings. The zero-order valence-electron chi connectivity index (χ0n) is 14.9. The molecule has 1 fully saturated rings. The lowest BCUT2D eigenvalue weighted by atomic mass is 10.2. The molecular formula is C18H26N4O3. The van der Waals surface area contributed by atoms with E-state index in [1.807, 2.05) is 25.1 Å². The Bertz CT molecular complexity index is 629. The summed E-state index contributed by atoms with van der Waals surface area (Å²) >= 11 is 0. The molecule has 1 aromatic carbocycles. The van der Waals surface area contributed by atoms with Crippen LogP contribution in [-0.2, 0) is 9.59 Å². The third-order valence-corrected chi connectivity index (χ3v) is 4.65. The van der Waals surface area contributed by atoms with Crippen LogP contribution in [0.1, 0.15) is 6.92 Å². The van der Waals surface area contributed by atoms with Crippen LogP contribution < -0.4 is 15.0 Å². The average Bonchev–Trinajstić information content (AvgIpc) is 2.59. The first-order valence-corrected chi connectivity index (χ1v) is 8.75. The first-order chi connectivity index (χ1) is 12.0. The number of piperazine rings is 1. The molecule has 7 heteroatoms. The van der Waals surface area contributed by atoms with Crippen LogP contribution in [0.3, 0.4) is 0 Å². The number of hydrogen-bond donors (Lipinski definition) is 1. The van der Waals surface area contributed by atoms with Crippen molar-refractivity contribution in [2.24, 2.45) is 0 Å². The lowest BCUT2D eigenvalue weighted by Crippen LogP contribution is -2.51. The molecule has 3 rings (SSSR count). The Morgan fingerprint density at radius 3 is 2.72 bits per heavy atom. The van der Waals surface area contributed by atoms with Crippen LogP contribution in [-0.4, -0.2) is 80.6 Å². The molecule has 0 bridgehead atoms. The number of ether oxygens (including phenoxy) is 1. The summed E-state index contributed by atoms with van der Waals surface area (Å²) in [6.07, 6.45) is 0. The van der Waals surface area contributed by atoms with Gasteiger partial charge in [0.15, 0.2) is 6.61 Å². The molecule has 1 atom stereocenters. The molecule has 136 valence electrons. The Labute approximate surface area is 148 Å². The van der Waals surface area contributed by atoms with Crippen molar-refractivity contribution in [2.75, 3.05) is 57.8 Å². The fraction of sp³-hybridized carbons (Fsp3) is 0.556. The number of nitrogens with zero attached hydrogens (tertiary/aromatic N) is 3. The average molecular weight is 346 g/mol. The summed E-state index contributed by atoms with van der Waals surface area (Å²) in [7, 11) is 2.12. The van der Waals surface area contributed by atoms with E-state index in [0.29, 0.717) is 11.4 Å². The number of para-hydroxylation sites is 2. The summed E-state index contributed by atoms with van der Waals surface area (Å²) in [6, 6.07) is 7.34. The van der Waals surface area contributed by atoms with E-state index in [1.54, 1.807) is 6.07 Å². The van der Waals surface area contributed by atoms with Gasteiger partial charge in [0.05, 0.1) is 5.69 Å². The fourth-order valence-corrected chi connectivity index (χ4v) is 3.25. The number of carbonyl (C=O) groups excluding carboxylic acids is 2. The van der Waals surface area contributed by atoms with Crippen molar-refractivity contribution in [1.29, 1.82) is 0 Å². The van der Waals surface area contributed by atoms with Crippen molar-refractivity contribution in [3.63, 3.8) is 0 Å². The summed E-state index contributed by atoms with van der Waals surface area (Å²) in [5.74, 6) is 0.299. The van der Waals surface area contributed by atoms with E-state index in [-0.39, 0.29) is 31.0 Å². The van der Waals surface area contributed by atoms with Crippen LogP contribution in [0.5, 0.6) is 5.75 Å². The second-order valence-corrected chi connectivity index (χ2v) is 6.81. The minimum atomic E-state index is -0.194. The molecule has 1 saturated heterocycles. The van der Waals surface area contributed by atoms with Gasteiger partial charge in [-0.3, -0.25) is 19.4 Å². The number of fused-ring (bicyclic) bond motifs is 1. The largest absolute Gasteiger partial charge is 0.482 e. The van der Waals surface area contributed by atoms with Crippen LogP contribution >= 0.6 is 0 Å². The number of nitrogens with one attached hydrogen (secondary N) is 1. The van der Waals surface area contributed by atoms with Crippen molar-refractivity contribution in [2.45, 2.75) is 13.0 Å². The maximum absolute atomic E-state index is 12.4. The van der Waals surface area contributed by atoms with E-state index in [4.69, 9.17) is 4.74 Å². The van der Waals surface area contributed by atoms with Crippen LogP contribution in [0.25, 0.3) is 0 Å². The first-order valence-electron chi connectivity index (χ1n) is 8.75. The van der Waals surface area contributed by atoms with E-state index in [9.17, 15) is 9.59 Å². The van der Waals surface area contributed by atoms with Crippen molar-refractivity contribution in [1.82, 2.24) is 15.1 Å². The van der Waals surface area contributed by atoms with Crippen molar-refractivity contribution in [3.8, 4) is 5.75 Å². The van der Waals surface area contributed by atoms with Gasteiger partial charge in [0.2, 0.25) is 5.91 Å². The van der Waals surface area contributed by atoms with Gasteiger partial charge in [-0.25, -0.2) is 0 Å². The van der Waals surface area contributed by atoms with Gasteiger partial charge >= 0.3 is 0 Å². The molecule has 1 aromatic rings. The second kappa shape index (κ2) is 7.84. The Kier molecular flexibility index (Phi) is 5.55. The quantitative estimate of drug-likeness (QED) is 0.823. The SMILES string of the molecule is C[C@H](CN1CCN(C)CC1)NC(=O)CN1C(=O)COc2ccccc21. The third-order valence-electron chi connectivity index (χ3n) is 4.65. The standard InChI is InChI=1S/C18H26N4O3/c1-14(11-21-9-7-20(2)8-10-21)19-17(23)12-22-15-5-3-4-6-16(15)25-13-18(22)24/h3-6,14H,7-13H2,1-2H3,(H,19,23)/t14-/m1/s1. The highest BCUT2D eigenvalue weighted by atomic mass is 16.5. The van der Waals surface area contributed by atoms with E-state index in [1.165, 1.54) is 4.90 Å². The van der Waals surface area contributed by atoms with E-state index >= 15 is 0 Å². The molecular weight excluding hydrogens is 320 g/mol. The van der Waals surface area contributed by atoms with Gasteiger partial charge < -0.3 is 15.0 Å². The molecule has 7 nitrogen and oxygen atoms in total. The van der Waals surface area contributed by atoms with Crippen LogP contribution in [0, 0.1) is 0 Å². The third kappa shape index (κ3) is 4.49. The number of anilines is 1. The molecule has 1 N–H and O–H groups in total. The molecule has 25 heavy (non-hydrogen) atoms. The Morgan fingerprint density at radius 2 is 1.96 bits per heavy atom. The number of benzene rings is 1. The van der Waals surface area contributed by atoms with Crippen LogP contribution in [0.2, 0.25) is 0 Å². The van der Waals surface area contributed by atoms with Crippen LogP contribution in [0.4, 0.5) is 5.69 Å². The van der Waals surface area contributed by atoms with Gasteiger partial charge in [-0.05, 0) is 26.1 Å². The molecule has 0 saturated carbocycles. The molecule has 0 radical (unpaired) electrons. The normalized spacial score (nSPS) is 19.9. The summed E-state index contributed by atoms with van der Waals surface area (Å²) in [6.45, 7) is 6.98. The number of amides is 2. The van der Waals surface area contributed by atoms with Crippen molar-refractivity contribution in [3.05, 3.63) is 24.3 Å². The summed E-state index contributed by atoms with van der Waals surface area (Å²) < 4.78 is 5.40. The zero-order chi connectivity index (χ0) is 17.8. The number of carbonyl (C=O) groups is 2. The monoisotopic (exact) mass is 346 g/mol. The van der Waals surface area contributed by atoms with Gasteiger partial charge in [0, 0.05) is 38.8 Å². The van der Waals surface area contributed by atoms with E-state index in [2.05, 4.69) is 22.2 Å². The maximum Gasteiger partial charge on any atom is 0.265 e. The Hall–Kier alpha value is -2.12. The summed E-state index contributed by atoms with van der Waals surface area (Å²) in [5.41, 5.74) is 0.653. The number of hydrogen-bond acceptors (Lipinski definition) is 5. The predicted octanol–water partition coefficient (Wildman–Crippen LogP) is 0.164. The smallest absolute Gasteiger partial charge is 0.265 e. The number of likely N-dealkylation sites (N-methyl/N-ethyl adjacent to an activating group) is 1. The van der Waals surface area contributed by atoms with Gasteiger partial charge in [-0.1, -0.05) is 12.1 Å². The van der Waals surface area contributed by atoms with Gasteiger partial charge in [0.25, 0.3) is 5.91 Å². The highest BCUT2D eigenvalue weighted by molar-refractivity contribution is 6.02. The van der Waals surface area contributed by atoms with Crippen LogP contribution in [0.15, 0.2) is 24.3 Å². The lowest BCUT2D eigenvalue weighted by Gasteiger charge is -2.34. The molecule has 0 aromatic heterocycles. The van der Waals surface area contributed by atoms with E-state index < -0.39 is 0 Å². The molecule has 2 amide bonds. The van der Waals surface area contributed by atoms with Gasteiger partial charge in [-0.15, -0.1) is 0 Å². The minimum Gasteiger partial charge on any atom is -0.482 e. The molecule has 2 heterocycles. The second-order valence-electron chi connectivity index (χ2n) is 6.81. The molecule has 0 unspecified atom stereocenters. The maximum atomic E-state index is 12.4. The van der Waals surface area contributed by atoms with Crippen molar-refractivity contribution < 1.29 is 14.3 Å². The minimum absolute atomic E-state index is 0.0201. The molecule has 0 spiro atoms.